The number of anilines is 2. The van der Waals surface area contributed by atoms with Crippen LogP contribution in [0.5, 0.6) is 0 Å². The summed E-state index contributed by atoms with van der Waals surface area (Å²) in [7, 11) is -0.295. The van der Waals surface area contributed by atoms with Crippen LogP contribution in [-0.4, -0.2) is 22.5 Å². The van der Waals surface area contributed by atoms with Crippen molar-refractivity contribution in [2.24, 2.45) is 0 Å². The van der Waals surface area contributed by atoms with Crippen molar-refractivity contribution in [1.29, 1.82) is 0 Å². The fourth-order valence-corrected chi connectivity index (χ4v) is 3.58. The topological polar surface area (TPSA) is 75.4 Å². The van der Waals surface area contributed by atoms with E-state index in [1.807, 2.05) is 28.8 Å². The van der Waals surface area contributed by atoms with E-state index in [9.17, 15) is 8.42 Å². The lowest BCUT2D eigenvalue weighted by molar-refractivity contribution is 0.588. The van der Waals surface area contributed by atoms with Crippen molar-refractivity contribution in [3.05, 3.63) is 40.6 Å². The zero-order valence-corrected chi connectivity index (χ0v) is 13.0. The summed E-state index contributed by atoms with van der Waals surface area (Å²) in [6, 6.07) is 6.93. The first-order valence-electron chi connectivity index (χ1n) is 5.99. The molecule has 0 atom stereocenters. The van der Waals surface area contributed by atoms with Crippen molar-refractivity contribution in [1.82, 2.24) is 4.72 Å². The van der Waals surface area contributed by atoms with Gasteiger partial charge in [-0.15, -0.1) is 0 Å². The Balaban J connectivity index is 2.41. The van der Waals surface area contributed by atoms with E-state index in [1.165, 1.54) is 13.1 Å². The maximum atomic E-state index is 12.1. The molecule has 0 aliphatic heterocycles. The number of hydrogen-bond acceptors (Lipinski definition) is 5. The number of rotatable bonds is 5. The summed E-state index contributed by atoms with van der Waals surface area (Å²) < 4.78 is 26.5. The van der Waals surface area contributed by atoms with Gasteiger partial charge >= 0.3 is 0 Å². The van der Waals surface area contributed by atoms with E-state index in [4.69, 9.17) is 5.73 Å². The van der Waals surface area contributed by atoms with Crippen LogP contribution in [0.3, 0.4) is 0 Å². The molecule has 2 aromatic rings. The minimum Gasteiger partial charge on any atom is -0.399 e. The first kappa shape index (κ1) is 14.8. The van der Waals surface area contributed by atoms with Gasteiger partial charge in [-0.25, -0.2) is 13.1 Å². The van der Waals surface area contributed by atoms with E-state index < -0.39 is 10.0 Å². The molecular formula is C13H17N3O2S2. The highest BCUT2D eigenvalue weighted by molar-refractivity contribution is 7.89. The summed E-state index contributed by atoms with van der Waals surface area (Å²) in [5.41, 5.74) is 7.89. The molecule has 0 saturated heterocycles. The fourth-order valence-electron chi connectivity index (χ4n) is 1.91. The van der Waals surface area contributed by atoms with Crippen LogP contribution < -0.4 is 15.4 Å². The highest BCUT2D eigenvalue weighted by Gasteiger charge is 2.19. The van der Waals surface area contributed by atoms with Gasteiger partial charge in [-0.3, -0.25) is 0 Å². The van der Waals surface area contributed by atoms with Crippen LogP contribution in [0.25, 0.3) is 0 Å². The van der Waals surface area contributed by atoms with Crippen molar-refractivity contribution < 1.29 is 8.42 Å². The molecule has 3 N–H and O–H groups in total. The van der Waals surface area contributed by atoms with Crippen LogP contribution in [0.1, 0.15) is 5.56 Å². The maximum absolute atomic E-state index is 12.1. The van der Waals surface area contributed by atoms with E-state index in [-0.39, 0.29) is 4.90 Å². The van der Waals surface area contributed by atoms with Crippen LogP contribution in [0.2, 0.25) is 0 Å². The third kappa shape index (κ3) is 3.12. The molecule has 20 heavy (non-hydrogen) atoms. The summed E-state index contributed by atoms with van der Waals surface area (Å²) in [6.07, 6.45) is 0. The zero-order chi connectivity index (χ0) is 14.8. The van der Waals surface area contributed by atoms with Crippen LogP contribution in [0.4, 0.5) is 11.4 Å². The van der Waals surface area contributed by atoms with Gasteiger partial charge in [-0.2, -0.15) is 11.3 Å². The molecule has 7 heteroatoms. The smallest absolute Gasteiger partial charge is 0.242 e. The lowest BCUT2D eigenvalue weighted by Gasteiger charge is -2.22. The summed E-state index contributed by atoms with van der Waals surface area (Å²) >= 11 is 1.62. The number of nitrogen functional groups attached to an aromatic ring is 1. The fraction of sp³-hybridized carbons (Fsp3) is 0.231. The van der Waals surface area contributed by atoms with E-state index in [1.54, 1.807) is 23.5 Å². The third-order valence-electron chi connectivity index (χ3n) is 2.95. The van der Waals surface area contributed by atoms with E-state index in [2.05, 4.69) is 4.72 Å². The molecule has 0 unspecified atom stereocenters. The summed E-state index contributed by atoms with van der Waals surface area (Å²) in [6.45, 7) is 0.639. The lowest BCUT2D eigenvalue weighted by Crippen LogP contribution is -2.24. The Kier molecular flexibility index (Phi) is 4.32. The predicted octanol–water partition coefficient (Wildman–Crippen LogP) is 1.87. The largest absolute Gasteiger partial charge is 0.399 e. The molecule has 1 aromatic carbocycles. The Morgan fingerprint density at radius 1 is 1.35 bits per heavy atom. The molecule has 5 nitrogen and oxygen atoms in total. The number of thiophene rings is 1. The molecule has 0 saturated carbocycles. The van der Waals surface area contributed by atoms with E-state index >= 15 is 0 Å². The summed E-state index contributed by atoms with van der Waals surface area (Å²) in [5, 5.41) is 4.04. The molecular weight excluding hydrogens is 294 g/mol. The van der Waals surface area contributed by atoms with Crippen molar-refractivity contribution in [2.75, 3.05) is 24.7 Å². The van der Waals surface area contributed by atoms with Gasteiger partial charge in [0, 0.05) is 19.3 Å². The molecule has 0 amide bonds. The molecule has 0 aliphatic carbocycles. The number of sulfonamides is 1. The Labute approximate surface area is 123 Å². The van der Waals surface area contributed by atoms with E-state index in [0.717, 1.165) is 5.56 Å². The summed E-state index contributed by atoms with van der Waals surface area (Å²) in [4.78, 5) is 2.09. The SMILES string of the molecule is CNS(=O)(=O)c1cc(N)ccc1N(C)Cc1ccsc1. The number of nitrogens with zero attached hydrogens (tertiary/aromatic N) is 1. The Hall–Kier alpha value is -1.57. The van der Waals surface area contributed by atoms with Gasteiger partial charge < -0.3 is 10.6 Å². The van der Waals surface area contributed by atoms with Crippen molar-refractivity contribution in [3.8, 4) is 0 Å². The quantitative estimate of drug-likeness (QED) is 0.827. The molecule has 0 bridgehead atoms. The minimum absolute atomic E-state index is 0.192. The van der Waals surface area contributed by atoms with Crippen LogP contribution in [-0.2, 0) is 16.6 Å². The second kappa shape index (κ2) is 5.82. The molecule has 0 aliphatic rings. The number of hydrogen-bond donors (Lipinski definition) is 2. The number of nitrogens with one attached hydrogen (secondary N) is 1. The zero-order valence-electron chi connectivity index (χ0n) is 11.3. The van der Waals surface area contributed by atoms with Crippen LogP contribution in [0.15, 0.2) is 39.9 Å². The van der Waals surface area contributed by atoms with Gasteiger partial charge in [-0.1, -0.05) is 0 Å². The van der Waals surface area contributed by atoms with Crippen molar-refractivity contribution >= 4 is 32.7 Å². The molecule has 0 spiro atoms. The average molecular weight is 311 g/mol. The van der Waals surface area contributed by atoms with Gasteiger partial charge in [0.25, 0.3) is 0 Å². The number of nitrogens with two attached hydrogens (primary N) is 1. The molecule has 0 fully saturated rings. The first-order chi connectivity index (χ1) is 9.44. The average Bonchev–Trinajstić information content (AvgIpc) is 2.91. The highest BCUT2D eigenvalue weighted by atomic mass is 32.2. The summed E-state index contributed by atoms with van der Waals surface area (Å²) in [5.74, 6) is 0. The maximum Gasteiger partial charge on any atom is 0.242 e. The monoisotopic (exact) mass is 311 g/mol. The van der Waals surface area contributed by atoms with Gasteiger partial charge in [0.1, 0.15) is 4.90 Å². The molecule has 1 heterocycles. The minimum atomic E-state index is -3.54. The molecule has 2 rings (SSSR count). The highest BCUT2D eigenvalue weighted by Crippen LogP contribution is 2.27. The van der Waals surface area contributed by atoms with Gasteiger partial charge in [0.05, 0.1) is 5.69 Å². The number of benzene rings is 1. The standard InChI is InChI=1S/C13H17N3O2S2/c1-15-20(17,18)13-7-11(14)3-4-12(13)16(2)8-10-5-6-19-9-10/h3-7,9,15H,8,14H2,1-2H3. The van der Waals surface area contributed by atoms with Gasteiger partial charge in [0.2, 0.25) is 10.0 Å². The van der Waals surface area contributed by atoms with Crippen molar-refractivity contribution in [2.45, 2.75) is 11.4 Å². The van der Waals surface area contributed by atoms with Gasteiger partial charge in [0.15, 0.2) is 0 Å². The second-order valence-corrected chi connectivity index (χ2v) is 7.06. The molecule has 0 radical (unpaired) electrons. The normalized spacial score (nSPS) is 11.5. The van der Waals surface area contributed by atoms with E-state index in [0.29, 0.717) is 17.9 Å². The van der Waals surface area contributed by atoms with Gasteiger partial charge in [-0.05, 0) is 47.6 Å². The third-order valence-corrected chi connectivity index (χ3v) is 5.13. The first-order valence-corrected chi connectivity index (χ1v) is 8.42. The predicted molar refractivity (Wildman–Crippen MR) is 83.5 cm³/mol. The Morgan fingerprint density at radius 3 is 2.70 bits per heavy atom. The molecule has 1 aromatic heterocycles. The lowest BCUT2D eigenvalue weighted by atomic mass is 10.2. The van der Waals surface area contributed by atoms with Crippen LogP contribution >= 0.6 is 11.3 Å². The van der Waals surface area contributed by atoms with Crippen molar-refractivity contribution in [3.63, 3.8) is 0 Å². The Bertz CT molecular complexity index is 682. The van der Waals surface area contributed by atoms with Crippen LogP contribution in [0, 0.1) is 0 Å². The Morgan fingerprint density at radius 2 is 2.10 bits per heavy atom. The molecule has 108 valence electrons. The second-order valence-electron chi connectivity index (χ2n) is 4.42.